The summed E-state index contributed by atoms with van der Waals surface area (Å²) in [6, 6.07) is 5.98. The summed E-state index contributed by atoms with van der Waals surface area (Å²) in [5.74, 6) is 7.13. The molecule has 1 heterocycles. The van der Waals surface area contributed by atoms with Gasteiger partial charge in [-0.2, -0.15) is 0 Å². The van der Waals surface area contributed by atoms with Gasteiger partial charge in [-0.05, 0) is 30.5 Å². The number of nitrogens with two attached hydrogens (primary N) is 1. The summed E-state index contributed by atoms with van der Waals surface area (Å²) in [6.07, 6.45) is 0.653. The Morgan fingerprint density at radius 3 is 2.95 bits per heavy atom. The van der Waals surface area contributed by atoms with Crippen LogP contribution in [0.5, 0.6) is 5.75 Å². The summed E-state index contributed by atoms with van der Waals surface area (Å²) < 4.78 is 5.45. The fourth-order valence-corrected chi connectivity index (χ4v) is 2.74. The Morgan fingerprint density at radius 2 is 2.29 bits per heavy atom. The molecule has 3 N–H and O–H groups in total. The van der Waals surface area contributed by atoms with Gasteiger partial charge in [-0.1, -0.05) is 18.8 Å². The van der Waals surface area contributed by atoms with Gasteiger partial charge in [-0.15, -0.1) is 0 Å². The van der Waals surface area contributed by atoms with Gasteiger partial charge in [-0.25, -0.2) is 0 Å². The fraction of sp³-hybridized carbons (Fsp3) is 0.529. The molecule has 0 aromatic heterocycles. The lowest BCUT2D eigenvalue weighted by Crippen LogP contribution is -2.41. The van der Waals surface area contributed by atoms with Crippen molar-refractivity contribution in [2.24, 2.45) is 11.7 Å². The third-order valence-corrected chi connectivity index (χ3v) is 3.95. The number of piperidine rings is 1. The van der Waals surface area contributed by atoms with E-state index < -0.39 is 0 Å². The van der Waals surface area contributed by atoms with Crippen molar-refractivity contribution in [2.75, 3.05) is 26.7 Å². The lowest BCUT2D eigenvalue weighted by molar-refractivity contribution is 0.0318. The normalized spacial score (nSPS) is 22.5. The molecule has 1 fully saturated rings. The van der Waals surface area contributed by atoms with Crippen molar-refractivity contribution in [3.63, 3.8) is 0 Å². The highest BCUT2D eigenvalue weighted by molar-refractivity contribution is 5.44. The summed E-state index contributed by atoms with van der Waals surface area (Å²) >= 11 is 0. The van der Waals surface area contributed by atoms with E-state index in [0.717, 1.165) is 42.9 Å². The summed E-state index contributed by atoms with van der Waals surface area (Å²) in [7, 11) is 1.69. The molecule has 4 heteroatoms. The highest BCUT2D eigenvalue weighted by Gasteiger charge is 2.24. The van der Waals surface area contributed by atoms with Crippen molar-refractivity contribution in [3.05, 3.63) is 29.3 Å². The lowest BCUT2D eigenvalue weighted by Gasteiger charge is -2.34. The Hall–Kier alpha value is -1.54. The van der Waals surface area contributed by atoms with Gasteiger partial charge in [0.1, 0.15) is 5.75 Å². The summed E-state index contributed by atoms with van der Waals surface area (Å²) in [5, 5.41) is 9.82. The van der Waals surface area contributed by atoms with E-state index in [2.05, 4.69) is 29.7 Å². The first-order valence-corrected chi connectivity index (χ1v) is 7.40. The molecular weight excluding hydrogens is 264 g/mol. The van der Waals surface area contributed by atoms with Gasteiger partial charge in [-0.3, -0.25) is 4.90 Å². The number of benzene rings is 1. The standard InChI is InChI=1S/C17H24N2O2/c1-13-11-19(9-7-16(13)20)12-15-10-14(4-3-8-18)5-6-17(15)21-2/h5-6,10,13,16,20H,7-9,11-12,18H2,1-2H3. The quantitative estimate of drug-likeness (QED) is 0.821. The second-order valence-corrected chi connectivity index (χ2v) is 5.60. The van der Waals surface area contributed by atoms with E-state index in [1.807, 2.05) is 12.1 Å². The molecule has 2 rings (SSSR count). The number of likely N-dealkylation sites (tertiary alicyclic amines) is 1. The molecule has 4 nitrogen and oxygen atoms in total. The van der Waals surface area contributed by atoms with Crippen LogP contribution in [0.4, 0.5) is 0 Å². The molecule has 114 valence electrons. The Labute approximate surface area is 126 Å². The first-order chi connectivity index (χ1) is 10.1. The van der Waals surface area contributed by atoms with E-state index in [0.29, 0.717) is 12.5 Å². The molecule has 0 bridgehead atoms. The second-order valence-electron chi connectivity index (χ2n) is 5.60. The van der Waals surface area contributed by atoms with Crippen LogP contribution in [0.2, 0.25) is 0 Å². The van der Waals surface area contributed by atoms with Crippen LogP contribution in [-0.2, 0) is 6.54 Å². The molecule has 2 atom stereocenters. The third-order valence-electron chi connectivity index (χ3n) is 3.95. The number of rotatable bonds is 3. The average molecular weight is 288 g/mol. The number of nitrogens with zero attached hydrogens (tertiary/aromatic N) is 1. The van der Waals surface area contributed by atoms with Crippen molar-refractivity contribution in [2.45, 2.75) is 26.0 Å². The molecule has 1 saturated heterocycles. The van der Waals surface area contributed by atoms with Gasteiger partial charge >= 0.3 is 0 Å². The molecule has 2 unspecified atom stereocenters. The van der Waals surface area contributed by atoms with Crippen LogP contribution in [0.3, 0.4) is 0 Å². The third kappa shape index (κ3) is 4.21. The zero-order valence-corrected chi connectivity index (χ0v) is 12.8. The molecule has 1 aromatic rings. The SMILES string of the molecule is COc1ccc(C#CCN)cc1CN1CCC(O)C(C)C1. The molecule has 1 aliphatic rings. The van der Waals surface area contributed by atoms with Crippen LogP contribution in [0.1, 0.15) is 24.5 Å². The number of aliphatic hydroxyl groups excluding tert-OH is 1. The predicted molar refractivity (Wildman–Crippen MR) is 84.0 cm³/mol. The molecule has 1 aliphatic heterocycles. The average Bonchev–Trinajstić information content (AvgIpc) is 2.49. The molecule has 0 saturated carbocycles. The van der Waals surface area contributed by atoms with Crippen LogP contribution in [0.25, 0.3) is 0 Å². The van der Waals surface area contributed by atoms with E-state index in [4.69, 9.17) is 10.5 Å². The first kappa shape index (κ1) is 15.8. The van der Waals surface area contributed by atoms with E-state index in [1.54, 1.807) is 7.11 Å². The Bertz CT molecular complexity index is 533. The van der Waals surface area contributed by atoms with Gasteiger partial charge in [0.15, 0.2) is 0 Å². The zero-order chi connectivity index (χ0) is 15.2. The van der Waals surface area contributed by atoms with Crippen molar-refractivity contribution >= 4 is 0 Å². The highest BCUT2D eigenvalue weighted by Crippen LogP contribution is 2.24. The first-order valence-electron chi connectivity index (χ1n) is 7.40. The molecule has 0 radical (unpaired) electrons. The van der Waals surface area contributed by atoms with Crippen LogP contribution in [0.15, 0.2) is 18.2 Å². The zero-order valence-electron chi connectivity index (χ0n) is 12.8. The fourth-order valence-electron chi connectivity index (χ4n) is 2.74. The van der Waals surface area contributed by atoms with Gasteiger partial charge in [0.05, 0.1) is 19.8 Å². The van der Waals surface area contributed by atoms with Crippen molar-refractivity contribution in [3.8, 4) is 17.6 Å². The number of hydrogen-bond acceptors (Lipinski definition) is 4. The minimum absolute atomic E-state index is 0.176. The Balaban J connectivity index is 2.13. The van der Waals surface area contributed by atoms with Crippen LogP contribution < -0.4 is 10.5 Å². The molecule has 21 heavy (non-hydrogen) atoms. The number of aliphatic hydroxyl groups is 1. The van der Waals surface area contributed by atoms with Gasteiger partial charge in [0.2, 0.25) is 0 Å². The van der Waals surface area contributed by atoms with E-state index in [1.165, 1.54) is 0 Å². The molecule has 0 aliphatic carbocycles. The minimum atomic E-state index is -0.176. The van der Waals surface area contributed by atoms with Crippen molar-refractivity contribution < 1.29 is 9.84 Å². The van der Waals surface area contributed by atoms with E-state index >= 15 is 0 Å². The van der Waals surface area contributed by atoms with Crippen LogP contribution in [-0.4, -0.2) is 42.9 Å². The summed E-state index contributed by atoms with van der Waals surface area (Å²) in [5.41, 5.74) is 7.51. The highest BCUT2D eigenvalue weighted by atomic mass is 16.5. The van der Waals surface area contributed by atoms with Crippen LogP contribution in [0, 0.1) is 17.8 Å². The van der Waals surface area contributed by atoms with E-state index in [-0.39, 0.29) is 6.10 Å². The number of ether oxygens (including phenoxy) is 1. The molecular formula is C17H24N2O2. The summed E-state index contributed by atoms with van der Waals surface area (Å²) in [4.78, 5) is 2.36. The number of hydrogen-bond donors (Lipinski definition) is 2. The van der Waals surface area contributed by atoms with Crippen molar-refractivity contribution in [1.29, 1.82) is 0 Å². The van der Waals surface area contributed by atoms with Crippen molar-refractivity contribution in [1.82, 2.24) is 4.90 Å². The summed E-state index contributed by atoms with van der Waals surface area (Å²) in [6.45, 7) is 5.09. The van der Waals surface area contributed by atoms with Gasteiger partial charge in [0.25, 0.3) is 0 Å². The maximum atomic E-state index is 9.82. The Morgan fingerprint density at radius 1 is 1.48 bits per heavy atom. The minimum Gasteiger partial charge on any atom is -0.496 e. The monoisotopic (exact) mass is 288 g/mol. The Kier molecular flexibility index (Phi) is 5.63. The molecule has 0 spiro atoms. The topological polar surface area (TPSA) is 58.7 Å². The van der Waals surface area contributed by atoms with Gasteiger partial charge < -0.3 is 15.6 Å². The maximum Gasteiger partial charge on any atom is 0.123 e. The van der Waals surface area contributed by atoms with Gasteiger partial charge in [0, 0.05) is 30.8 Å². The van der Waals surface area contributed by atoms with E-state index in [9.17, 15) is 5.11 Å². The molecule has 1 aromatic carbocycles. The second kappa shape index (κ2) is 7.46. The maximum absolute atomic E-state index is 9.82. The lowest BCUT2D eigenvalue weighted by atomic mass is 9.96. The molecule has 0 amide bonds. The number of methoxy groups -OCH3 is 1. The largest absolute Gasteiger partial charge is 0.496 e. The smallest absolute Gasteiger partial charge is 0.123 e. The van der Waals surface area contributed by atoms with Crippen LogP contribution >= 0.6 is 0 Å². The predicted octanol–water partition coefficient (Wildman–Crippen LogP) is 1.21.